The number of likely N-dealkylation sites (N-methyl/N-ethyl adjacent to an activating group) is 1. The van der Waals surface area contributed by atoms with Gasteiger partial charge in [-0.3, -0.25) is 9.59 Å². The first-order chi connectivity index (χ1) is 23.4. The summed E-state index contributed by atoms with van der Waals surface area (Å²) in [6, 6.07) is 36.4. The fourth-order valence-corrected chi connectivity index (χ4v) is 5.38. The maximum absolute atomic E-state index is 13.4. The van der Waals surface area contributed by atoms with Gasteiger partial charge < -0.3 is 19.7 Å². The van der Waals surface area contributed by atoms with E-state index in [9.17, 15) is 9.59 Å². The van der Waals surface area contributed by atoms with E-state index in [1.54, 1.807) is 0 Å². The lowest BCUT2D eigenvalue weighted by Crippen LogP contribution is -2.33. The average Bonchev–Trinajstić information content (AvgIpc) is 3.10. The van der Waals surface area contributed by atoms with Gasteiger partial charge in [0.2, 0.25) is 11.6 Å². The van der Waals surface area contributed by atoms with Crippen LogP contribution in [-0.4, -0.2) is 53.6 Å². The molecule has 48 heavy (non-hydrogen) atoms. The first-order valence-electron chi connectivity index (χ1n) is 16.0. The Morgan fingerprint density at radius 2 is 1.06 bits per heavy atom. The zero-order chi connectivity index (χ0) is 33.3. The maximum atomic E-state index is 13.4. The number of benzene rings is 4. The Morgan fingerprint density at radius 3 is 1.54 bits per heavy atom. The number of hydrogen-bond donors (Lipinski definition) is 1. The van der Waals surface area contributed by atoms with Crippen molar-refractivity contribution in [1.82, 2.24) is 20.2 Å². The van der Waals surface area contributed by atoms with Crippen LogP contribution in [0.3, 0.4) is 0 Å². The number of rotatable bonds is 14. The van der Waals surface area contributed by atoms with E-state index >= 15 is 0 Å². The Bertz CT molecular complexity index is 1890. The molecule has 1 aliphatic carbocycles. The molecular formula is C40H38N4O4. The molecule has 8 nitrogen and oxygen atoms in total. The van der Waals surface area contributed by atoms with Gasteiger partial charge in [0.25, 0.3) is 0 Å². The summed E-state index contributed by atoms with van der Waals surface area (Å²) in [5, 5.41) is 3.08. The molecule has 0 aliphatic heterocycles. The normalized spacial score (nSPS) is 12.4. The zero-order valence-electron chi connectivity index (χ0n) is 27.2. The van der Waals surface area contributed by atoms with E-state index < -0.39 is 0 Å². The highest BCUT2D eigenvalue weighted by molar-refractivity contribution is 6.22. The number of fused-ring (bicyclic) bond motifs is 1. The molecule has 0 saturated heterocycles. The Morgan fingerprint density at radius 1 is 0.604 bits per heavy atom. The molecule has 0 atom stereocenters. The standard InChI is InChI=1S/C40H38N4O4/c1-44(2)22-21-41-34-25-37(45)38-39(40(34)46)43-36(27-48-33-19-15-31(16-20-33)24-29-11-7-4-8-12-29)35(42-38)26-47-32-17-13-30(14-18-32)23-28-9-5-3-6-10-28/h3-20,25,41H,21-24,26-27H2,1-2H3. The predicted molar refractivity (Wildman–Crippen MR) is 185 cm³/mol. The number of hydrogen-bond acceptors (Lipinski definition) is 8. The Labute approximate surface area is 281 Å². The summed E-state index contributed by atoms with van der Waals surface area (Å²) < 4.78 is 12.3. The van der Waals surface area contributed by atoms with Crippen molar-refractivity contribution in [2.24, 2.45) is 0 Å². The first-order valence-corrected chi connectivity index (χ1v) is 16.0. The van der Waals surface area contributed by atoms with Gasteiger partial charge in [-0.2, -0.15) is 0 Å². The molecule has 0 radical (unpaired) electrons. The minimum Gasteiger partial charge on any atom is -0.487 e. The molecule has 0 amide bonds. The van der Waals surface area contributed by atoms with Crippen molar-refractivity contribution >= 4 is 11.6 Å². The van der Waals surface area contributed by atoms with Crippen LogP contribution in [0, 0.1) is 0 Å². The van der Waals surface area contributed by atoms with E-state index in [2.05, 4.69) is 39.6 Å². The van der Waals surface area contributed by atoms with Crippen molar-refractivity contribution in [3.8, 4) is 11.5 Å². The zero-order valence-corrected chi connectivity index (χ0v) is 27.2. The molecule has 5 aromatic rings. The fourth-order valence-electron chi connectivity index (χ4n) is 5.38. The van der Waals surface area contributed by atoms with Crippen molar-refractivity contribution in [2.75, 3.05) is 27.2 Å². The summed E-state index contributed by atoms with van der Waals surface area (Å²) in [5.41, 5.74) is 5.90. The van der Waals surface area contributed by atoms with Gasteiger partial charge in [0.05, 0.1) is 5.70 Å². The van der Waals surface area contributed by atoms with Crippen LogP contribution in [0.5, 0.6) is 11.5 Å². The van der Waals surface area contributed by atoms with E-state index in [1.165, 1.54) is 17.2 Å². The molecule has 1 aliphatic rings. The molecule has 0 fully saturated rings. The average molecular weight is 639 g/mol. The smallest absolute Gasteiger partial charge is 0.229 e. The Kier molecular flexibility index (Phi) is 10.3. The molecule has 0 spiro atoms. The number of ether oxygens (including phenoxy) is 2. The third kappa shape index (κ3) is 8.40. The van der Waals surface area contributed by atoms with Gasteiger partial charge in [0.15, 0.2) is 0 Å². The summed E-state index contributed by atoms with van der Waals surface area (Å²) in [4.78, 5) is 37.9. The van der Waals surface area contributed by atoms with Crippen LogP contribution in [0.4, 0.5) is 0 Å². The highest BCUT2D eigenvalue weighted by Gasteiger charge is 2.30. The Balaban J connectivity index is 1.19. The maximum Gasteiger partial charge on any atom is 0.229 e. The van der Waals surface area contributed by atoms with Crippen LogP contribution in [0.2, 0.25) is 0 Å². The molecule has 8 heteroatoms. The molecular weight excluding hydrogens is 600 g/mol. The predicted octanol–water partition coefficient (Wildman–Crippen LogP) is 6.23. The Hall–Kier alpha value is -5.60. The first kappa shape index (κ1) is 32.3. The van der Waals surface area contributed by atoms with Crippen LogP contribution < -0.4 is 14.8 Å². The molecule has 0 unspecified atom stereocenters. The second kappa shape index (κ2) is 15.3. The van der Waals surface area contributed by atoms with Crippen LogP contribution in [0.25, 0.3) is 0 Å². The van der Waals surface area contributed by atoms with Gasteiger partial charge in [-0.15, -0.1) is 0 Å². The lowest BCUT2D eigenvalue weighted by atomic mass is 10.0. The fraction of sp³-hybridized carbons (Fsp3) is 0.200. The van der Waals surface area contributed by atoms with Gasteiger partial charge in [-0.05, 0) is 73.5 Å². The topological polar surface area (TPSA) is 93.7 Å². The highest BCUT2D eigenvalue weighted by Crippen LogP contribution is 2.23. The van der Waals surface area contributed by atoms with Crippen LogP contribution >= 0.6 is 0 Å². The van der Waals surface area contributed by atoms with E-state index in [0.717, 1.165) is 24.0 Å². The lowest BCUT2D eigenvalue weighted by molar-refractivity contribution is 0.0969. The summed E-state index contributed by atoms with van der Waals surface area (Å²) in [6.07, 6.45) is 2.95. The largest absolute Gasteiger partial charge is 0.487 e. The molecule has 1 N–H and O–H groups in total. The molecule has 0 bridgehead atoms. The number of ketones is 2. The highest BCUT2D eigenvalue weighted by atomic mass is 16.5. The number of nitrogens with zero attached hydrogens (tertiary/aromatic N) is 3. The van der Waals surface area contributed by atoms with Crippen molar-refractivity contribution in [2.45, 2.75) is 26.1 Å². The van der Waals surface area contributed by atoms with Crippen molar-refractivity contribution < 1.29 is 19.1 Å². The molecule has 6 rings (SSSR count). The second-order valence-corrected chi connectivity index (χ2v) is 12.0. The van der Waals surface area contributed by atoms with Gasteiger partial charge in [0, 0.05) is 19.2 Å². The SMILES string of the molecule is CN(C)CCNC1=CC(=O)c2nc(COc3ccc(Cc4ccccc4)cc3)c(COc3ccc(Cc4ccccc4)cc3)nc2C1=O. The monoisotopic (exact) mass is 638 g/mol. The van der Waals surface area contributed by atoms with E-state index in [4.69, 9.17) is 9.47 Å². The summed E-state index contributed by atoms with van der Waals surface area (Å²) in [5.74, 6) is 0.559. The minimum atomic E-state index is -0.377. The second-order valence-electron chi connectivity index (χ2n) is 12.0. The number of Topliss-reactive ketones (excluding diaryl/α,β-unsaturated/α-hetero) is 1. The number of carbonyl (C=O) groups is 2. The molecule has 1 aromatic heterocycles. The van der Waals surface area contributed by atoms with Crippen LogP contribution in [0.1, 0.15) is 54.6 Å². The molecule has 242 valence electrons. The van der Waals surface area contributed by atoms with Crippen molar-refractivity contribution in [3.63, 3.8) is 0 Å². The number of aromatic nitrogens is 2. The van der Waals surface area contributed by atoms with Crippen molar-refractivity contribution in [3.05, 3.63) is 166 Å². The van der Waals surface area contributed by atoms with Crippen LogP contribution in [-0.2, 0) is 26.1 Å². The van der Waals surface area contributed by atoms with Gasteiger partial charge in [-0.25, -0.2) is 9.97 Å². The van der Waals surface area contributed by atoms with E-state index in [0.29, 0.717) is 36.0 Å². The number of allylic oxidation sites excluding steroid dienone is 2. The van der Waals surface area contributed by atoms with E-state index in [1.807, 2.05) is 104 Å². The van der Waals surface area contributed by atoms with Gasteiger partial charge in [-0.1, -0.05) is 84.9 Å². The van der Waals surface area contributed by atoms with Gasteiger partial charge >= 0.3 is 0 Å². The third-order valence-corrected chi connectivity index (χ3v) is 7.99. The summed E-state index contributed by atoms with van der Waals surface area (Å²) in [7, 11) is 3.88. The quantitative estimate of drug-likeness (QED) is 0.153. The van der Waals surface area contributed by atoms with Crippen LogP contribution in [0.15, 0.2) is 121 Å². The minimum absolute atomic E-state index is 0.0145. The van der Waals surface area contributed by atoms with Gasteiger partial charge in [0.1, 0.15) is 47.5 Å². The van der Waals surface area contributed by atoms with Crippen molar-refractivity contribution in [1.29, 1.82) is 0 Å². The molecule has 1 heterocycles. The molecule has 0 saturated carbocycles. The number of carbonyl (C=O) groups excluding carboxylic acids is 2. The lowest BCUT2D eigenvalue weighted by Gasteiger charge is -2.19. The third-order valence-electron chi connectivity index (χ3n) is 7.99. The summed E-state index contributed by atoms with van der Waals surface area (Å²) >= 11 is 0. The number of nitrogens with one attached hydrogen (secondary N) is 1. The molecule has 4 aromatic carbocycles. The summed E-state index contributed by atoms with van der Waals surface area (Å²) in [6.45, 7) is 1.30. The van der Waals surface area contributed by atoms with E-state index in [-0.39, 0.29) is 41.9 Å².